The lowest BCUT2D eigenvalue weighted by Crippen LogP contribution is -2.08. The number of nitrogens with zero attached hydrogens (tertiary/aromatic N) is 1. The third-order valence-electron chi connectivity index (χ3n) is 2.53. The normalized spacial score (nSPS) is 11.8. The van der Waals surface area contributed by atoms with Crippen LogP contribution in [0.5, 0.6) is 0 Å². The summed E-state index contributed by atoms with van der Waals surface area (Å²) in [4.78, 5) is 16.3. The van der Waals surface area contributed by atoms with Crippen molar-refractivity contribution in [1.29, 1.82) is 0 Å². The summed E-state index contributed by atoms with van der Waals surface area (Å²) < 4.78 is 6.15. The van der Waals surface area contributed by atoms with E-state index in [9.17, 15) is 4.79 Å². The fourth-order valence-electron chi connectivity index (χ4n) is 1.68. The van der Waals surface area contributed by atoms with Crippen LogP contribution in [0.1, 0.15) is 18.4 Å². The Morgan fingerprint density at radius 3 is 2.95 bits per heavy atom. The molecule has 0 amide bonds. The number of carbonyl (C=O) groups is 1. The number of hydrogen-bond donors (Lipinski definition) is 1. The average Bonchev–Trinajstić information content (AvgIpc) is 2.80. The van der Waals surface area contributed by atoms with Gasteiger partial charge in [-0.3, -0.25) is 0 Å². The molecule has 100 valence electrons. The number of aromatic nitrogens is 1. The van der Waals surface area contributed by atoms with Gasteiger partial charge in [0.25, 0.3) is 0 Å². The summed E-state index contributed by atoms with van der Waals surface area (Å²) >= 11 is 5.74. The average molecular weight is 293 g/mol. The van der Waals surface area contributed by atoms with Crippen molar-refractivity contribution in [1.82, 2.24) is 4.98 Å². The summed E-state index contributed by atoms with van der Waals surface area (Å²) in [6.45, 7) is 2.18. The van der Waals surface area contributed by atoms with Gasteiger partial charge in [-0.05, 0) is 37.3 Å². The Bertz CT molecular complexity index is 571. The van der Waals surface area contributed by atoms with Crippen molar-refractivity contribution in [2.45, 2.75) is 13.3 Å². The lowest BCUT2D eigenvalue weighted by Gasteiger charge is -2.04. The Morgan fingerprint density at radius 1 is 1.47 bits per heavy atom. The van der Waals surface area contributed by atoms with E-state index in [1.165, 1.54) is 0 Å². The van der Waals surface area contributed by atoms with E-state index in [2.05, 4.69) is 17.6 Å². The number of esters is 1. The standard InChI is InChI=1S/C14H15NO2S2/c1-2-17-14(16)10(7-8-18)9-13-15-11-5-3-4-6-12(11)19-13/h3-6,9,18H,2,7-8H2,1H3. The Morgan fingerprint density at radius 2 is 2.26 bits per heavy atom. The monoisotopic (exact) mass is 293 g/mol. The van der Waals surface area contributed by atoms with Gasteiger partial charge in [0.2, 0.25) is 0 Å². The molecule has 19 heavy (non-hydrogen) atoms. The van der Waals surface area contributed by atoms with Gasteiger partial charge in [0.05, 0.1) is 16.8 Å². The van der Waals surface area contributed by atoms with Crippen LogP contribution in [0.25, 0.3) is 16.3 Å². The van der Waals surface area contributed by atoms with Gasteiger partial charge in [-0.2, -0.15) is 12.6 Å². The Balaban J connectivity index is 2.31. The van der Waals surface area contributed by atoms with Crippen LogP contribution in [-0.4, -0.2) is 23.3 Å². The maximum Gasteiger partial charge on any atom is 0.334 e. The zero-order valence-corrected chi connectivity index (χ0v) is 12.3. The number of para-hydroxylation sites is 1. The van der Waals surface area contributed by atoms with Crippen molar-refractivity contribution >= 4 is 46.2 Å². The highest BCUT2D eigenvalue weighted by Gasteiger charge is 2.11. The fourth-order valence-corrected chi connectivity index (χ4v) is 2.85. The van der Waals surface area contributed by atoms with E-state index in [1.54, 1.807) is 24.3 Å². The number of fused-ring (bicyclic) bond motifs is 1. The van der Waals surface area contributed by atoms with Crippen LogP contribution in [0, 0.1) is 0 Å². The second-order valence-corrected chi connectivity index (χ2v) is 5.39. The lowest BCUT2D eigenvalue weighted by molar-refractivity contribution is -0.138. The minimum atomic E-state index is -0.282. The highest BCUT2D eigenvalue weighted by molar-refractivity contribution is 7.80. The first kappa shape index (κ1) is 14.1. The van der Waals surface area contributed by atoms with Gasteiger partial charge in [-0.15, -0.1) is 11.3 Å². The first-order valence-corrected chi connectivity index (χ1v) is 7.53. The van der Waals surface area contributed by atoms with E-state index in [0.717, 1.165) is 15.2 Å². The van der Waals surface area contributed by atoms with Crippen molar-refractivity contribution in [2.24, 2.45) is 0 Å². The lowest BCUT2D eigenvalue weighted by atomic mass is 10.2. The first-order chi connectivity index (χ1) is 9.24. The van der Waals surface area contributed by atoms with Gasteiger partial charge in [-0.1, -0.05) is 12.1 Å². The van der Waals surface area contributed by atoms with Gasteiger partial charge >= 0.3 is 5.97 Å². The summed E-state index contributed by atoms with van der Waals surface area (Å²) in [6.07, 6.45) is 2.39. The molecule has 0 aliphatic heterocycles. The number of hydrogen-bond acceptors (Lipinski definition) is 5. The Hall–Kier alpha value is -1.33. The van der Waals surface area contributed by atoms with Gasteiger partial charge in [0.1, 0.15) is 5.01 Å². The van der Waals surface area contributed by atoms with Gasteiger partial charge in [-0.25, -0.2) is 9.78 Å². The molecule has 3 nitrogen and oxygen atoms in total. The molecule has 0 spiro atoms. The van der Waals surface area contributed by atoms with Crippen LogP contribution in [0.3, 0.4) is 0 Å². The largest absolute Gasteiger partial charge is 0.463 e. The van der Waals surface area contributed by atoms with Gasteiger partial charge in [0.15, 0.2) is 0 Å². The molecule has 0 N–H and O–H groups in total. The molecule has 0 aliphatic carbocycles. The fraction of sp³-hybridized carbons (Fsp3) is 0.286. The number of rotatable bonds is 5. The SMILES string of the molecule is CCOC(=O)C(=Cc1nc2ccccc2s1)CCS. The van der Waals surface area contributed by atoms with Crippen LogP contribution < -0.4 is 0 Å². The van der Waals surface area contributed by atoms with Gasteiger partial charge in [0, 0.05) is 5.57 Å². The molecule has 5 heteroatoms. The molecule has 0 radical (unpaired) electrons. The smallest absolute Gasteiger partial charge is 0.334 e. The van der Waals surface area contributed by atoms with Crippen molar-refractivity contribution in [3.63, 3.8) is 0 Å². The number of thiol groups is 1. The second-order valence-electron chi connectivity index (χ2n) is 3.88. The molecule has 2 aromatic rings. The number of benzene rings is 1. The molecule has 1 aromatic heterocycles. The Labute approximate surface area is 121 Å². The van der Waals surface area contributed by atoms with Crippen molar-refractivity contribution in [3.05, 3.63) is 34.8 Å². The first-order valence-electron chi connectivity index (χ1n) is 6.08. The molecule has 0 fully saturated rings. The Kier molecular flexibility index (Phi) is 4.99. The molecule has 0 unspecified atom stereocenters. The second kappa shape index (κ2) is 6.73. The number of carbonyl (C=O) groups excluding carboxylic acids is 1. The zero-order chi connectivity index (χ0) is 13.7. The van der Waals surface area contributed by atoms with Crippen LogP contribution in [0.2, 0.25) is 0 Å². The minimum absolute atomic E-state index is 0.282. The molecular weight excluding hydrogens is 278 g/mol. The summed E-state index contributed by atoms with van der Waals surface area (Å²) in [6, 6.07) is 7.92. The van der Waals surface area contributed by atoms with E-state index in [1.807, 2.05) is 24.3 Å². The molecule has 1 aromatic carbocycles. The highest BCUT2D eigenvalue weighted by Crippen LogP contribution is 2.24. The van der Waals surface area contributed by atoms with E-state index in [-0.39, 0.29) is 5.97 Å². The third kappa shape index (κ3) is 3.58. The topological polar surface area (TPSA) is 39.2 Å². The van der Waals surface area contributed by atoms with Crippen LogP contribution in [-0.2, 0) is 9.53 Å². The molecule has 0 saturated heterocycles. The van der Waals surface area contributed by atoms with Crippen LogP contribution in [0.4, 0.5) is 0 Å². The predicted octanol–water partition coefficient (Wildman–Crippen LogP) is 3.56. The molecule has 0 atom stereocenters. The van der Waals surface area contributed by atoms with E-state index >= 15 is 0 Å². The van der Waals surface area contributed by atoms with E-state index in [4.69, 9.17) is 4.74 Å². The molecular formula is C14H15NO2S2. The summed E-state index contributed by atoms with van der Waals surface area (Å²) in [5, 5.41) is 0.825. The molecule has 0 aliphatic rings. The van der Waals surface area contributed by atoms with Crippen molar-refractivity contribution in [3.8, 4) is 0 Å². The van der Waals surface area contributed by atoms with Crippen LogP contribution in [0.15, 0.2) is 29.8 Å². The number of ether oxygens (including phenoxy) is 1. The molecule has 0 bridgehead atoms. The van der Waals surface area contributed by atoms with E-state index in [0.29, 0.717) is 24.4 Å². The molecule has 0 saturated carbocycles. The van der Waals surface area contributed by atoms with Gasteiger partial charge < -0.3 is 4.74 Å². The maximum absolute atomic E-state index is 11.8. The summed E-state index contributed by atoms with van der Waals surface area (Å²) in [5.74, 6) is 0.325. The minimum Gasteiger partial charge on any atom is -0.463 e. The van der Waals surface area contributed by atoms with Crippen molar-refractivity contribution < 1.29 is 9.53 Å². The quantitative estimate of drug-likeness (QED) is 0.520. The van der Waals surface area contributed by atoms with Crippen LogP contribution >= 0.6 is 24.0 Å². The van der Waals surface area contributed by atoms with Crippen molar-refractivity contribution in [2.75, 3.05) is 12.4 Å². The molecule has 2 rings (SSSR count). The number of thiazole rings is 1. The zero-order valence-electron chi connectivity index (χ0n) is 10.6. The summed E-state index contributed by atoms with van der Waals surface area (Å²) in [5.41, 5.74) is 1.57. The maximum atomic E-state index is 11.8. The predicted molar refractivity (Wildman–Crippen MR) is 82.7 cm³/mol. The summed E-state index contributed by atoms with van der Waals surface area (Å²) in [7, 11) is 0. The highest BCUT2D eigenvalue weighted by atomic mass is 32.1. The molecule has 1 heterocycles. The van der Waals surface area contributed by atoms with E-state index < -0.39 is 0 Å². The third-order valence-corrected chi connectivity index (χ3v) is 3.73.